The van der Waals surface area contributed by atoms with Crippen molar-refractivity contribution in [3.63, 3.8) is 0 Å². The molecule has 0 bridgehead atoms. The lowest BCUT2D eigenvalue weighted by Gasteiger charge is -2.37. The van der Waals surface area contributed by atoms with Crippen molar-refractivity contribution in [2.75, 3.05) is 20.8 Å². The van der Waals surface area contributed by atoms with E-state index in [4.69, 9.17) is 21.1 Å². The summed E-state index contributed by atoms with van der Waals surface area (Å²) in [5.74, 6) is 1.19. The van der Waals surface area contributed by atoms with Crippen molar-refractivity contribution in [1.82, 2.24) is 9.29 Å². The quantitative estimate of drug-likeness (QED) is 0.554. The lowest BCUT2D eigenvalue weighted by molar-refractivity contribution is 0.332. The number of methoxy groups -OCH3 is 2. The maximum absolute atomic E-state index is 13.6. The van der Waals surface area contributed by atoms with Gasteiger partial charge in [0.1, 0.15) is 10.0 Å². The van der Waals surface area contributed by atoms with E-state index in [9.17, 15) is 8.42 Å². The van der Waals surface area contributed by atoms with Gasteiger partial charge < -0.3 is 9.47 Å². The van der Waals surface area contributed by atoms with Crippen LogP contribution >= 0.6 is 11.6 Å². The maximum Gasteiger partial charge on any atom is 0.245 e. The van der Waals surface area contributed by atoms with Gasteiger partial charge in [0, 0.05) is 12.7 Å². The van der Waals surface area contributed by atoms with E-state index in [0.717, 1.165) is 16.7 Å². The molecule has 8 heteroatoms. The van der Waals surface area contributed by atoms with E-state index >= 15 is 0 Å². The van der Waals surface area contributed by atoms with Crippen molar-refractivity contribution in [2.45, 2.75) is 17.4 Å². The largest absolute Gasteiger partial charge is 0.493 e. The average molecular weight is 445 g/mol. The van der Waals surface area contributed by atoms with Crippen LogP contribution in [0.1, 0.15) is 22.7 Å². The van der Waals surface area contributed by atoms with Crippen LogP contribution < -0.4 is 9.47 Å². The lowest BCUT2D eigenvalue weighted by Crippen LogP contribution is -2.40. The summed E-state index contributed by atoms with van der Waals surface area (Å²) in [4.78, 5) is 4.06. The first-order valence-electron chi connectivity index (χ1n) is 9.39. The first-order chi connectivity index (χ1) is 14.5. The molecule has 30 heavy (non-hydrogen) atoms. The smallest absolute Gasteiger partial charge is 0.245 e. The summed E-state index contributed by atoms with van der Waals surface area (Å²) in [7, 11) is -0.657. The van der Waals surface area contributed by atoms with Crippen molar-refractivity contribution >= 4 is 21.6 Å². The van der Waals surface area contributed by atoms with Crippen LogP contribution in [0.5, 0.6) is 11.5 Å². The molecule has 2 heterocycles. The number of ether oxygens (including phenoxy) is 2. The molecule has 1 aliphatic heterocycles. The number of aromatic nitrogens is 1. The molecule has 4 rings (SSSR count). The van der Waals surface area contributed by atoms with Gasteiger partial charge in [-0.1, -0.05) is 41.9 Å². The van der Waals surface area contributed by atoms with Gasteiger partial charge in [0.15, 0.2) is 11.5 Å². The number of sulfonamides is 1. The highest BCUT2D eigenvalue weighted by Crippen LogP contribution is 2.43. The van der Waals surface area contributed by atoms with Crippen LogP contribution in [0, 0.1) is 0 Å². The van der Waals surface area contributed by atoms with Crippen LogP contribution in [0.2, 0.25) is 5.15 Å². The zero-order valence-corrected chi connectivity index (χ0v) is 18.2. The van der Waals surface area contributed by atoms with E-state index in [2.05, 4.69) is 4.98 Å². The van der Waals surface area contributed by atoms with Crippen LogP contribution in [0.15, 0.2) is 65.7 Å². The predicted molar refractivity (Wildman–Crippen MR) is 115 cm³/mol. The molecule has 0 N–H and O–H groups in total. The number of nitrogens with zero attached hydrogens (tertiary/aromatic N) is 2. The molecule has 6 nitrogen and oxygen atoms in total. The normalized spacial score (nSPS) is 16.7. The number of benzene rings is 2. The number of hydrogen-bond donors (Lipinski definition) is 0. The van der Waals surface area contributed by atoms with Gasteiger partial charge in [0.2, 0.25) is 10.0 Å². The Labute approximate surface area is 181 Å². The number of pyridine rings is 1. The summed E-state index contributed by atoms with van der Waals surface area (Å²) in [6, 6.07) is 15.8. The summed E-state index contributed by atoms with van der Waals surface area (Å²) < 4.78 is 39.6. The second kappa shape index (κ2) is 8.26. The molecule has 2 aromatic carbocycles. The van der Waals surface area contributed by atoms with E-state index in [1.807, 2.05) is 42.5 Å². The molecule has 0 amide bonds. The minimum Gasteiger partial charge on any atom is -0.493 e. The third-order valence-corrected chi connectivity index (χ3v) is 7.32. The second-order valence-corrected chi connectivity index (χ2v) is 9.18. The van der Waals surface area contributed by atoms with Gasteiger partial charge in [0.05, 0.1) is 20.3 Å². The number of fused-ring (bicyclic) bond motifs is 1. The first kappa shape index (κ1) is 20.7. The highest BCUT2D eigenvalue weighted by Gasteiger charge is 2.38. The Morgan fingerprint density at radius 3 is 2.37 bits per heavy atom. The Morgan fingerprint density at radius 1 is 1.03 bits per heavy atom. The van der Waals surface area contributed by atoms with Crippen LogP contribution in [0.4, 0.5) is 0 Å². The Bertz CT molecular complexity index is 1150. The van der Waals surface area contributed by atoms with Crippen LogP contribution in [0.25, 0.3) is 0 Å². The van der Waals surface area contributed by atoms with Gasteiger partial charge in [-0.3, -0.25) is 0 Å². The summed E-state index contributed by atoms with van der Waals surface area (Å²) in [6.07, 6.45) is 1.85. The molecule has 0 saturated heterocycles. The predicted octanol–water partition coefficient (Wildman–Crippen LogP) is 4.09. The molecular weight excluding hydrogens is 424 g/mol. The molecule has 0 unspecified atom stereocenters. The third kappa shape index (κ3) is 3.64. The summed E-state index contributed by atoms with van der Waals surface area (Å²) in [5, 5.41) is 0.245. The Kier molecular flexibility index (Phi) is 5.69. The van der Waals surface area contributed by atoms with Gasteiger partial charge in [-0.2, -0.15) is 4.31 Å². The van der Waals surface area contributed by atoms with E-state index in [1.165, 1.54) is 22.6 Å². The van der Waals surface area contributed by atoms with Gasteiger partial charge in [-0.05, 0) is 47.4 Å². The van der Waals surface area contributed by atoms with Gasteiger partial charge in [-0.25, -0.2) is 13.4 Å². The number of halogens is 1. The summed E-state index contributed by atoms with van der Waals surface area (Å²) in [5.41, 5.74) is 2.77. The zero-order chi connectivity index (χ0) is 21.3. The molecule has 1 aromatic heterocycles. The van der Waals surface area contributed by atoms with E-state index in [1.54, 1.807) is 14.2 Å². The fraction of sp³-hybridized carbons (Fsp3) is 0.227. The first-order valence-corrected chi connectivity index (χ1v) is 11.2. The molecule has 0 aliphatic carbocycles. The average Bonchev–Trinajstić information content (AvgIpc) is 2.78. The molecular formula is C22H21ClN2O4S. The van der Waals surface area contributed by atoms with Crippen LogP contribution in [0.3, 0.4) is 0 Å². The molecule has 156 valence electrons. The standard InChI is InChI=1S/C22H21ClN2O4S/c1-28-19-12-16-10-11-25(30(26,27)17-8-9-21(23)24-14-17)22(15-6-4-3-5-7-15)18(16)13-20(19)29-2/h3-9,12-14,22H,10-11H2,1-2H3/t22-/m1/s1. The Balaban J connectivity index is 1.89. The highest BCUT2D eigenvalue weighted by molar-refractivity contribution is 7.89. The van der Waals surface area contributed by atoms with E-state index in [0.29, 0.717) is 24.5 Å². The van der Waals surface area contributed by atoms with Gasteiger partial charge >= 0.3 is 0 Å². The molecule has 0 fully saturated rings. The molecule has 0 spiro atoms. The fourth-order valence-electron chi connectivity index (χ4n) is 3.81. The maximum atomic E-state index is 13.6. The molecule has 0 radical (unpaired) electrons. The van der Waals surface area contributed by atoms with E-state index in [-0.39, 0.29) is 10.0 Å². The lowest BCUT2D eigenvalue weighted by atomic mass is 9.89. The Hall–Kier alpha value is -2.61. The molecule has 1 aliphatic rings. The monoisotopic (exact) mass is 444 g/mol. The number of hydrogen-bond acceptors (Lipinski definition) is 5. The Morgan fingerprint density at radius 2 is 1.73 bits per heavy atom. The van der Waals surface area contributed by atoms with Crippen molar-refractivity contribution < 1.29 is 17.9 Å². The zero-order valence-electron chi connectivity index (χ0n) is 16.6. The minimum atomic E-state index is -3.81. The third-order valence-electron chi connectivity index (χ3n) is 5.25. The van der Waals surface area contributed by atoms with Crippen molar-refractivity contribution in [1.29, 1.82) is 0 Å². The van der Waals surface area contributed by atoms with Gasteiger partial charge in [0.25, 0.3) is 0 Å². The SMILES string of the molecule is COc1cc2c(cc1OC)[C@@H](c1ccccc1)N(S(=O)(=O)c1ccc(Cl)nc1)CC2. The number of rotatable bonds is 5. The van der Waals surface area contributed by atoms with Crippen molar-refractivity contribution in [2.24, 2.45) is 0 Å². The minimum absolute atomic E-state index is 0.108. The fourth-order valence-corrected chi connectivity index (χ4v) is 5.47. The molecule has 3 aromatic rings. The van der Waals surface area contributed by atoms with Crippen molar-refractivity contribution in [3.8, 4) is 11.5 Å². The van der Waals surface area contributed by atoms with Crippen molar-refractivity contribution in [3.05, 3.63) is 82.6 Å². The van der Waals surface area contributed by atoms with E-state index < -0.39 is 16.1 Å². The molecule has 0 saturated carbocycles. The van der Waals surface area contributed by atoms with Crippen LogP contribution in [-0.2, 0) is 16.4 Å². The summed E-state index contributed by atoms with van der Waals surface area (Å²) >= 11 is 5.86. The van der Waals surface area contributed by atoms with Crippen LogP contribution in [-0.4, -0.2) is 38.5 Å². The topological polar surface area (TPSA) is 68.7 Å². The summed E-state index contributed by atoms with van der Waals surface area (Å²) in [6.45, 7) is 0.326. The highest BCUT2D eigenvalue weighted by atomic mass is 35.5. The van der Waals surface area contributed by atoms with Gasteiger partial charge in [-0.15, -0.1) is 0 Å². The second-order valence-electron chi connectivity index (χ2n) is 6.90. The molecule has 1 atom stereocenters.